The van der Waals surface area contributed by atoms with Crippen LogP contribution in [0.2, 0.25) is 0 Å². The summed E-state index contributed by atoms with van der Waals surface area (Å²) in [5.41, 5.74) is 5.40. The van der Waals surface area contributed by atoms with Crippen LogP contribution in [0.5, 0.6) is 0 Å². The van der Waals surface area contributed by atoms with Crippen LogP contribution in [0.1, 0.15) is 46.5 Å². The highest BCUT2D eigenvalue weighted by Gasteiger charge is 2.36. The number of esters is 1. The van der Waals surface area contributed by atoms with Gasteiger partial charge in [0.2, 0.25) is 5.91 Å². The van der Waals surface area contributed by atoms with Crippen LogP contribution < -0.4 is 11.1 Å². The summed E-state index contributed by atoms with van der Waals surface area (Å²) in [5.74, 6) is -1.16. The number of ether oxygens (including phenoxy) is 2. The maximum absolute atomic E-state index is 11.9. The van der Waals surface area contributed by atoms with E-state index in [1.807, 2.05) is 0 Å². The summed E-state index contributed by atoms with van der Waals surface area (Å²) in [6.45, 7) is 6.67. The van der Waals surface area contributed by atoms with E-state index in [-0.39, 0.29) is 18.2 Å². The monoisotopic (exact) mass is 286 g/mol. The zero-order valence-corrected chi connectivity index (χ0v) is 12.6. The van der Waals surface area contributed by atoms with Gasteiger partial charge in [0.05, 0.1) is 12.2 Å². The molecule has 0 bridgehead atoms. The van der Waals surface area contributed by atoms with E-state index in [1.165, 1.54) is 0 Å². The Labute approximate surface area is 120 Å². The molecule has 6 heteroatoms. The summed E-state index contributed by atoms with van der Waals surface area (Å²) in [4.78, 5) is 23.4. The lowest BCUT2D eigenvalue weighted by Crippen LogP contribution is -2.54. The van der Waals surface area contributed by atoms with Crippen molar-refractivity contribution < 1.29 is 19.1 Å². The van der Waals surface area contributed by atoms with Gasteiger partial charge in [-0.2, -0.15) is 0 Å². The van der Waals surface area contributed by atoms with Crippen LogP contribution in [0.4, 0.5) is 0 Å². The smallest absolute Gasteiger partial charge is 0.332 e. The van der Waals surface area contributed by atoms with Gasteiger partial charge in [-0.25, -0.2) is 4.79 Å². The first-order chi connectivity index (χ1) is 9.48. The highest BCUT2D eigenvalue weighted by Crippen LogP contribution is 2.31. The van der Waals surface area contributed by atoms with Crippen molar-refractivity contribution in [1.29, 1.82) is 0 Å². The zero-order chi connectivity index (χ0) is 15.2. The quantitative estimate of drug-likeness (QED) is 0.555. The van der Waals surface area contributed by atoms with Gasteiger partial charge in [-0.05, 0) is 32.6 Å². The molecule has 1 fully saturated rings. The van der Waals surface area contributed by atoms with E-state index in [4.69, 9.17) is 15.2 Å². The zero-order valence-electron chi connectivity index (χ0n) is 12.6. The minimum atomic E-state index is -1.25. The molecule has 1 rings (SSSR count). The van der Waals surface area contributed by atoms with E-state index in [0.717, 1.165) is 25.7 Å². The number of carbonyl (C=O) groups is 2. The molecule has 0 spiro atoms. The van der Waals surface area contributed by atoms with Crippen LogP contribution in [-0.4, -0.2) is 42.8 Å². The maximum Gasteiger partial charge on any atom is 0.332 e. The van der Waals surface area contributed by atoms with E-state index in [2.05, 4.69) is 19.2 Å². The van der Waals surface area contributed by atoms with Gasteiger partial charge >= 0.3 is 5.97 Å². The van der Waals surface area contributed by atoms with Gasteiger partial charge in [-0.3, -0.25) is 4.79 Å². The van der Waals surface area contributed by atoms with Crippen molar-refractivity contribution in [3.05, 3.63) is 0 Å². The standard InChI is InChI=1S/C14H26N2O4/c1-4-14(5-2)9-10(7-8-20-14)16-12(17)11(15)13(18)19-6-3/h10-11H,4-9,15H2,1-3H3,(H,16,17). The van der Waals surface area contributed by atoms with Crippen LogP contribution in [-0.2, 0) is 19.1 Å². The second kappa shape index (κ2) is 7.59. The lowest BCUT2D eigenvalue weighted by molar-refractivity contribution is -0.148. The van der Waals surface area contributed by atoms with Gasteiger partial charge < -0.3 is 20.5 Å². The number of nitrogens with one attached hydrogen (secondary N) is 1. The fourth-order valence-electron chi connectivity index (χ4n) is 2.52. The predicted molar refractivity (Wildman–Crippen MR) is 75.0 cm³/mol. The molecule has 0 aromatic rings. The van der Waals surface area contributed by atoms with Crippen LogP contribution in [0, 0.1) is 0 Å². The van der Waals surface area contributed by atoms with Crippen molar-refractivity contribution in [2.75, 3.05) is 13.2 Å². The molecule has 1 amide bonds. The molecule has 1 aliphatic rings. The van der Waals surface area contributed by atoms with Gasteiger partial charge in [0.1, 0.15) is 0 Å². The Morgan fingerprint density at radius 1 is 1.40 bits per heavy atom. The third-order valence-electron chi connectivity index (χ3n) is 3.95. The molecule has 2 atom stereocenters. The van der Waals surface area contributed by atoms with Crippen LogP contribution in [0.25, 0.3) is 0 Å². The van der Waals surface area contributed by atoms with E-state index < -0.39 is 17.9 Å². The largest absolute Gasteiger partial charge is 0.464 e. The highest BCUT2D eigenvalue weighted by molar-refractivity contribution is 6.01. The average Bonchev–Trinajstić information content (AvgIpc) is 2.46. The highest BCUT2D eigenvalue weighted by atomic mass is 16.5. The number of carbonyl (C=O) groups excluding carboxylic acids is 2. The summed E-state index contributed by atoms with van der Waals surface area (Å²) in [5, 5.41) is 2.84. The van der Waals surface area contributed by atoms with E-state index in [0.29, 0.717) is 6.61 Å². The Morgan fingerprint density at radius 2 is 2.05 bits per heavy atom. The minimum absolute atomic E-state index is 0.00312. The van der Waals surface area contributed by atoms with Crippen LogP contribution >= 0.6 is 0 Å². The van der Waals surface area contributed by atoms with E-state index in [1.54, 1.807) is 6.92 Å². The summed E-state index contributed by atoms with van der Waals surface area (Å²) < 4.78 is 10.6. The molecule has 0 aromatic heterocycles. The molecule has 1 saturated heterocycles. The van der Waals surface area contributed by atoms with Crippen molar-refractivity contribution in [1.82, 2.24) is 5.32 Å². The first-order valence-corrected chi connectivity index (χ1v) is 7.34. The molecular formula is C14H26N2O4. The van der Waals surface area contributed by atoms with Gasteiger partial charge in [0.15, 0.2) is 6.04 Å². The molecule has 116 valence electrons. The molecule has 2 unspecified atom stereocenters. The summed E-state index contributed by atoms with van der Waals surface area (Å²) in [6, 6.07) is -1.26. The Bertz CT molecular complexity index is 342. The van der Waals surface area contributed by atoms with Crippen LogP contribution in [0.3, 0.4) is 0 Å². The lowest BCUT2D eigenvalue weighted by Gasteiger charge is -2.40. The first-order valence-electron chi connectivity index (χ1n) is 7.34. The van der Waals surface area contributed by atoms with Crippen molar-refractivity contribution in [2.45, 2.75) is 64.1 Å². The molecule has 6 nitrogen and oxygen atoms in total. The van der Waals surface area contributed by atoms with Crippen molar-refractivity contribution in [2.24, 2.45) is 5.73 Å². The number of hydrogen-bond acceptors (Lipinski definition) is 5. The SMILES string of the molecule is CCOC(=O)C(N)C(=O)NC1CCOC(CC)(CC)C1. The normalized spacial score (nSPS) is 22.9. The summed E-state index contributed by atoms with van der Waals surface area (Å²) in [6.07, 6.45) is 3.30. The van der Waals surface area contributed by atoms with Gasteiger partial charge in [-0.15, -0.1) is 0 Å². The predicted octanol–water partition coefficient (Wildman–Crippen LogP) is 0.731. The third-order valence-corrected chi connectivity index (χ3v) is 3.95. The van der Waals surface area contributed by atoms with Crippen LogP contribution in [0.15, 0.2) is 0 Å². The molecule has 1 aliphatic heterocycles. The molecule has 3 N–H and O–H groups in total. The summed E-state index contributed by atoms with van der Waals surface area (Å²) >= 11 is 0. The molecule has 0 saturated carbocycles. The maximum atomic E-state index is 11.9. The van der Waals surface area contributed by atoms with Crippen molar-refractivity contribution in [3.8, 4) is 0 Å². The van der Waals surface area contributed by atoms with E-state index in [9.17, 15) is 9.59 Å². The Kier molecular flexibility index (Phi) is 6.42. The fourth-order valence-corrected chi connectivity index (χ4v) is 2.52. The van der Waals surface area contributed by atoms with E-state index >= 15 is 0 Å². The van der Waals surface area contributed by atoms with Gasteiger partial charge in [0.25, 0.3) is 0 Å². The Morgan fingerprint density at radius 3 is 2.60 bits per heavy atom. The van der Waals surface area contributed by atoms with Gasteiger partial charge in [-0.1, -0.05) is 13.8 Å². The number of hydrogen-bond donors (Lipinski definition) is 2. The summed E-state index contributed by atoms with van der Waals surface area (Å²) in [7, 11) is 0. The average molecular weight is 286 g/mol. The second-order valence-corrected chi connectivity index (χ2v) is 5.17. The van der Waals surface area contributed by atoms with Crippen molar-refractivity contribution >= 4 is 11.9 Å². The number of nitrogens with two attached hydrogens (primary N) is 1. The molecular weight excluding hydrogens is 260 g/mol. The number of amides is 1. The van der Waals surface area contributed by atoms with Crippen molar-refractivity contribution in [3.63, 3.8) is 0 Å². The Hall–Kier alpha value is -1.14. The molecule has 0 radical (unpaired) electrons. The molecule has 0 aromatic carbocycles. The second-order valence-electron chi connectivity index (χ2n) is 5.17. The Balaban J connectivity index is 2.55. The fraction of sp³-hybridized carbons (Fsp3) is 0.857. The molecule has 0 aliphatic carbocycles. The topological polar surface area (TPSA) is 90.7 Å². The lowest BCUT2D eigenvalue weighted by atomic mass is 9.86. The molecule has 20 heavy (non-hydrogen) atoms. The minimum Gasteiger partial charge on any atom is -0.464 e. The molecule has 1 heterocycles. The van der Waals surface area contributed by atoms with Gasteiger partial charge in [0, 0.05) is 12.6 Å². The first kappa shape index (κ1) is 16.9. The number of rotatable bonds is 6. The third kappa shape index (κ3) is 4.18.